The third kappa shape index (κ3) is 3.35. The van der Waals surface area contributed by atoms with Crippen LogP contribution in [0.3, 0.4) is 0 Å². The molecule has 0 atom stereocenters. The number of hydrogen-bond donors (Lipinski definition) is 0. The molecule has 1 aliphatic carbocycles. The molecule has 3 aromatic rings. The zero-order valence-corrected chi connectivity index (χ0v) is 18.6. The number of piperazine rings is 1. The van der Waals surface area contributed by atoms with E-state index >= 15 is 0 Å². The molecular formula is C25H22BrN3O2. The van der Waals surface area contributed by atoms with Crippen LogP contribution in [0.25, 0.3) is 0 Å². The van der Waals surface area contributed by atoms with Gasteiger partial charge in [-0.3, -0.25) is 24.4 Å². The second kappa shape index (κ2) is 8.11. The first-order valence-corrected chi connectivity index (χ1v) is 11.2. The lowest BCUT2D eigenvalue weighted by molar-refractivity contribution is 0.0279. The molecule has 1 aliphatic heterocycles. The molecule has 6 heteroatoms. The second-order valence-electron chi connectivity index (χ2n) is 8.05. The van der Waals surface area contributed by atoms with E-state index in [4.69, 9.17) is 0 Å². The molecule has 2 heterocycles. The van der Waals surface area contributed by atoms with Gasteiger partial charge in [-0.1, -0.05) is 58.4 Å². The summed E-state index contributed by atoms with van der Waals surface area (Å²) in [6.45, 7) is 3.65. The Morgan fingerprint density at radius 2 is 1.58 bits per heavy atom. The van der Waals surface area contributed by atoms with Crippen LogP contribution in [0.2, 0.25) is 0 Å². The first-order chi connectivity index (χ1) is 15.1. The van der Waals surface area contributed by atoms with E-state index in [9.17, 15) is 9.59 Å². The first-order valence-electron chi connectivity index (χ1n) is 10.4. The fraction of sp³-hybridized carbons (Fsp3) is 0.240. The number of benzene rings is 2. The Morgan fingerprint density at radius 1 is 0.871 bits per heavy atom. The molecule has 0 unspecified atom stereocenters. The monoisotopic (exact) mass is 475 g/mol. The van der Waals surface area contributed by atoms with Crippen LogP contribution in [0.5, 0.6) is 0 Å². The zero-order valence-electron chi connectivity index (χ0n) is 17.0. The van der Waals surface area contributed by atoms with Crippen LogP contribution in [0.4, 0.5) is 0 Å². The molecule has 156 valence electrons. The van der Waals surface area contributed by atoms with Crippen molar-refractivity contribution in [2.45, 2.75) is 12.1 Å². The lowest BCUT2D eigenvalue weighted by Gasteiger charge is -2.44. The Hall–Kier alpha value is -2.67. The van der Waals surface area contributed by atoms with Crippen molar-refractivity contribution in [3.63, 3.8) is 0 Å². The number of nitrogens with zero attached hydrogens (tertiary/aromatic N) is 3. The van der Waals surface area contributed by atoms with Gasteiger partial charge in [-0.15, -0.1) is 0 Å². The summed E-state index contributed by atoms with van der Waals surface area (Å²) < 4.78 is 0.858. The van der Waals surface area contributed by atoms with E-state index in [1.165, 1.54) is 0 Å². The average molecular weight is 476 g/mol. The van der Waals surface area contributed by atoms with Crippen LogP contribution in [-0.4, -0.2) is 52.5 Å². The third-order valence-corrected chi connectivity index (χ3v) is 6.78. The molecule has 0 amide bonds. The Morgan fingerprint density at radius 3 is 2.19 bits per heavy atom. The SMILES string of the molecule is O=C1c2ccccc2C(=O)C1(c1cccc(Br)c1)N1CCN(Cc2cccnc2)CC1. The summed E-state index contributed by atoms with van der Waals surface area (Å²) in [5.74, 6) is -0.237. The number of carbonyl (C=O) groups is 2. The van der Waals surface area contributed by atoms with E-state index in [-0.39, 0.29) is 11.6 Å². The molecule has 2 aliphatic rings. The minimum absolute atomic E-state index is 0.119. The predicted molar refractivity (Wildman–Crippen MR) is 122 cm³/mol. The summed E-state index contributed by atoms with van der Waals surface area (Å²) in [6.07, 6.45) is 3.66. The average Bonchev–Trinajstić information content (AvgIpc) is 3.03. The molecule has 1 saturated heterocycles. The van der Waals surface area contributed by atoms with Crippen molar-refractivity contribution in [2.24, 2.45) is 0 Å². The van der Waals surface area contributed by atoms with E-state index in [0.29, 0.717) is 24.2 Å². The van der Waals surface area contributed by atoms with Crippen molar-refractivity contribution >= 4 is 27.5 Å². The molecule has 0 saturated carbocycles. The largest absolute Gasteiger partial charge is 0.296 e. The van der Waals surface area contributed by atoms with Crippen molar-refractivity contribution in [1.82, 2.24) is 14.8 Å². The molecule has 31 heavy (non-hydrogen) atoms. The highest BCUT2D eigenvalue weighted by Crippen LogP contribution is 2.43. The van der Waals surface area contributed by atoms with E-state index in [1.807, 2.05) is 48.7 Å². The molecule has 5 rings (SSSR count). The maximum Gasteiger partial charge on any atom is 0.196 e. The van der Waals surface area contributed by atoms with E-state index in [1.54, 1.807) is 18.3 Å². The lowest BCUT2D eigenvalue weighted by atomic mass is 9.82. The van der Waals surface area contributed by atoms with Gasteiger partial charge in [0.1, 0.15) is 0 Å². The summed E-state index contributed by atoms with van der Waals surface area (Å²) >= 11 is 3.52. The van der Waals surface area contributed by atoms with Gasteiger partial charge in [0.15, 0.2) is 17.1 Å². The summed E-state index contributed by atoms with van der Waals surface area (Å²) in [6, 6.07) is 18.8. The summed E-state index contributed by atoms with van der Waals surface area (Å²) in [4.78, 5) is 36.3. The summed E-state index contributed by atoms with van der Waals surface area (Å²) in [7, 11) is 0. The summed E-state index contributed by atoms with van der Waals surface area (Å²) in [5, 5.41) is 0. The van der Waals surface area contributed by atoms with Gasteiger partial charge in [0.25, 0.3) is 0 Å². The molecule has 5 nitrogen and oxygen atoms in total. The molecule has 1 fully saturated rings. The third-order valence-electron chi connectivity index (χ3n) is 6.29. The molecular weight excluding hydrogens is 454 g/mol. The lowest BCUT2D eigenvalue weighted by Crippen LogP contribution is -2.60. The molecule has 0 N–H and O–H groups in total. The van der Waals surface area contributed by atoms with Gasteiger partial charge in [0, 0.05) is 60.7 Å². The van der Waals surface area contributed by atoms with Crippen molar-refractivity contribution in [3.8, 4) is 0 Å². The van der Waals surface area contributed by atoms with E-state index in [0.717, 1.165) is 35.2 Å². The van der Waals surface area contributed by atoms with Crippen LogP contribution in [0.1, 0.15) is 31.8 Å². The number of Topliss-reactive ketones (excluding diaryl/α,β-unsaturated/α-hetero) is 2. The van der Waals surface area contributed by atoms with Crippen molar-refractivity contribution in [2.75, 3.05) is 26.2 Å². The highest BCUT2D eigenvalue weighted by molar-refractivity contribution is 9.10. The molecule has 0 spiro atoms. The van der Waals surface area contributed by atoms with Crippen LogP contribution >= 0.6 is 15.9 Å². The van der Waals surface area contributed by atoms with Gasteiger partial charge >= 0.3 is 0 Å². The smallest absolute Gasteiger partial charge is 0.196 e. The van der Waals surface area contributed by atoms with Crippen LogP contribution in [-0.2, 0) is 12.1 Å². The van der Waals surface area contributed by atoms with Gasteiger partial charge in [-0.05, 0) is 29.3 Å². The highest BCUT2D eigenvalue weighted by Gasteiger charge is 2.58. The van der Waals surface area contributed by atoms with Crippen molar-refractivity contribution in [1.29, 1.82) is 0 Å². The number of carbonyl (C=O) groups excluding carboxylic acids is 2. The van der Waals surface area contributed by atoms with Gasteiger partial charge in [-0.2, -0.15) is 0 Å². The number of hydrogen-bond acceptors (Lipinski definition) is 5. The normalized spacial score (nSPS) is 18.9. The quantitative estimate of drug-likeness (QED) is 0.535. The second-order valence-corrected chi connectivity index (χ2v) is 8.96. The van der Waals surface area contributed by atoms with Crippen LogP contribution < -0.4 is 0 Å². The highest BCUT2D eigenvalue weighted by atomic mass is 79.9. The Bertz CT molecular complexity index is 1110. The van der Waals surface area contributed by atoms with Crippen molar-refractivity contribution in [3.05, 3.63) is 99.8 Å². The van der Waals surface area contributed by atoms with Crippen LogP contribution in [0.15, 0.2) is 77.5 Å². The molecule has 2 aromatic carbocycles. The Kier molecular flexibility index (Phi) is 5.30. The molecule has 0 bridgehead atoms. The Balaban J connectivity index is 1.49. The Labute approximate surface area is 189 Å². The van der Waals surface area contributed by atoms with Gasteiger partial charge < -0.3 is 0 Å². The number of halogens is 1. The number of pyridine rings is 1. The minimum Gasteiger partial charge on any atom is -0.296 e. The van der Waals surface area contributed by atoms with E-state index < -0.39 is 5.54 Å². The molecule has 0 radical (unpaired) electrons. The number of rotatable bonds is 4. The number of aromatic nitrogens is 1. The maximum atomic E-state index is 13.8. The first kappa shape index (κ1) is 20.2. The topological polar surface area (TPSA) is 53.5 Å². The fourth-order valence-corrected chi connectivity index (χ4v) is 5.21. The summed E-state index contributed by atoms with van der Waals surface area (Å²) in [5.41, 5.74) is 1.64. The van der Waals surface area contributed by atoms with Gasteiger partial charge in [0.2, 0.25) is 0 Å². The number of fused-ring (bicyclic) bond motifs is 1. The van der Waals surface area contributed by atoms with Gasteiger partial charge in [-0.25, -0.2) is 0 Å². The molecule has 1 aromatic heterocycles. The standard InChI is InChI=1S/C25H22BrN3O2/c26-20-7-3-6-19(15-20)25(23(30)21-8-1-2-9-22(21)24(25)31)29-13-11-28(12-14-29)17-18-5-4-10-27-16-18/h1-10,15-16H,11-14,17H2. The minimum atomic E-state index is -1.30. The maximum absolute atomic E-state index is 13.8. The van der Waals surface area contributed by atoms with E-state index in [2.05, 4.69) is 36.8 Å². The fourth-order valence-electron chi connectivity index (χ4n) is 4.81. The number of ketones is 2. The zero-order chi connectivity index (χ0) is 21.4. The van der Waals surface area contributed by atoms with Crippen molar-refractivity contribution < 1.29 is 9.59 Å². The van der Waals surface area contributed by atoms with Crippen LogP contribution in [0, 0.1) is 0 Å². The predicted octanol–water partition coefficient (Wildman–Crippen LogP) is 3.94. The van der Waals surface area contributed by atoms with Gasteiger partial charge in [0.05, 0.1) is 0 Å².